The highest BCUT2D eigenvalue weighted by Crippen LogP contribution is 2.12. The second-order valence-corrected chi connectivity index (χ2v) is 6.59. The molecule has 9 heteroatoms. The molecule has 0 saturated heterocycles. The third-order valence-corrected chi connectivity index (χ3v) is 4.77. The van der Waals surface area contributed by atoms with Crippen LogP contribution in [0.15, 0.2) is 64.7 Å². The molecule has 4 rings (SSSR count). The zero-order valence-corrected chi connectivity index (χ0v) is 16.0. The second kappa shape index (κ2) is 7.27. The first-order valence-electron chi connectivity index (χ1n) is 8.99. The summed E-state index contributed by atoms with van der Waals surface area (Å²) in [6.45, 7) is 0.303. The molecule has 4 aromatic rings. The third kappa shape index (κ3) is 3.27. The summed E-state index contributed by atoms with van der Waals surface area (Å²) >= 11 is 0. The largest absolute Gasteiger partial charge is 0.460 e. The van der Waals surface area contributed by atoms with Crippen LogP contribution in [0.5, 0.6) is 0 Å². The molecule has 0 fully saturated rings. The zero-order valence-electron chi connectivity index (χ0n) is 16.0. The van der Waals surface area contributed by atoms with Crippen molar-refractivity contribution < 1.29 is 9.53 Å². The first kappa shape index (κ1) is 18.5. The Bertz CT molecular complexity index is 1310. The van der Waals surface area contributed by atoms with Crippen molar-refractivity contribution in [3.05, 3.63) is 81.5 Å². The van der Waals surface area contributed by atoms with E-state index >= 15 is 0 Å². The van der Waals surface area contributed by atoms with Crippen molar-refractivity contribution in [1.29, 1.82) is 0 Å². The minimum absolute atomic E-state index is 0.0596. The molecule has 0 aliphatic rings. The van der Waals surface area contributed by atoms with Gasteiger partial charge >= 0.3 is 11.7 Å². The number of carbonyl (C=O) groups excluding carboxylic acids is 1. The van der Waals surface area contributed by atoms with Gasteiger partial charge in [-0.15, -0.1) is 0 Å². The summed E-state index contributed by atoms with van der Waals surface area (Å²) in [6, 6.07) is 10.9. The lowest BCUT2D eigenvalue weighted by Gasteiger charge is -2.09. The van der Waals surface area contributed by atoms with E-state index < -0.39 is 17.2 Å². The number of hydrogen-bond donors (Lipinski definition) is 0. The normalized spacial score (nSPS) is 11.1. The van der Waals surface area contributed by atoms with E-state index in [2.05, 4.69) is 4.98 Å². The van der Waals surface area contributed by atoms with E-state index in [9.17, 15) is 14.4 Å². The summed E-state index contributed by atoms with van der Waals surface area (Å²) in [6.07, 6.45) is 5.25. The molecule has 0 aliphatic carbocycles. The lowest BCUT2D eigenvalue weighted by atomic mass is 10.2. The molecule has 29 heavy (non-hydrogen) atoms. The fourth-order valence-corrected chi connectivity index (χ4v) is 3.19. The molecule has 0 aliphatic heterocycles. The molecule has 0 N–H and O–H groups in total. The molecule has 0 radical (unpaired) electrons. The molecule has 0 unspecified atom stereocenters. The molecule has 3 heterocycles. The highest BCUT2D eigenvalue weighted by Gasteiger charge is 2.15. The topological polar surface area (TPSA) is 93.1 Å². The van der Waals surface area contributed by atoms with Crippen molar-refractivity contribution in [1.82, 2.24) is 23.3 Å². The van der Waals surface area contributed by atoms with Gasteiger partial charge in [0.1, 0.15) is 6.61 Å². The summed E-state index contributed by atoms with van der Waals surface area (Å²) in [5.74, 6) is -0.455. The van der Waals surface area contributed by atoms with Gasteiger partial charge in [-0.1, -0.05) is 6.07 Å². The SMILES string of the molecule is Cn1c(=O)c2c(ncn2CCOC(=O)c2cccc(-n3cccc3)c2)n(C)c1=O. The molecule has 0 spiro atoms. The maximum absolute atomic E-state index is 12.4. The smallest absolute Gasteiger partial charge is 0.338 e. The number of hydrogen-bond acceptors (Lipinski definition) is 5. The first-order chi connectivity index (χ1) is 14.0. The van der Waals surface area contributed by atoms with Gasteiger partial charge in [0.25, 0.3) is 5.56 Å². The average molecular weight is 393 g/mol. The van der Waals surface area contributed by atoms with Crippen LogP contribution in [0.3, 0.4) is 0 Å². The van der Waals surface area contributed by atoms with Crippen molar-refractivity contribution in [2.24, 2.45) is 14.1 Å². The average Bonchev–Trinajstić information content (AvgIpc) is 3.41. The number of imidazole rings is 1. The van der Waals surface area contributed by atoms with E-state index in [1.54, 1.807) is 29.8 Å². The first-order valence-corrected chi connectivity index (χ1v) is 8.99. The molecule has 9 nitrogen and oxygen atoms in total. The van der Waals surface area contributed by atoms with Crippen LogP contribution >= 0.6 is 0 Å². The van der Waals surface area contributed by atoms with Gasteiger partial charge in [0.05, 0.1) is 18.4 Å². The lowest BCUT2D eigenvalue weighted by Crippen LogP contribution is -2.37. The zero-order chi connectivity index (χ0) is 20.5. The Labute approximate surface area is 165 Å². The Morgan fingerprint density at radius 1 is 1.07 bits per heavy atom. The lowest BCUT2D eigenvalue weighted by molar-refractivity contribution is 0.0492. The molecule has 0 saturated carbocycles. The molecule has 148 valence electrons. The molecular formula is C20H19N5O4. The Balaban J connectivity index is 1.50. The van der Waals surface area contributed by atoms with Gasteiger partial charge in [-0.25, -0.2) is 14.6 Å². The summed E-state index contributed by atoms with van der Waals surface area (Å²) in [7, 11) is 2.97. The summed E-state index contributed by atoms with van der Waals surface area (Å²) in [4.78, 5) is 41.0. The van der Waals surface area contributed by atoms with Crippen LogP contribution in [0.4, 0.5) is 0 Å². The van der Waals surface area contributed by atoms with E-state index in [1.165, 1.54) is 17.9 Å². The van der Waals surface area contributed by atoms with E-state index in [0.717, 1.165) is 10.3 Å². The quantitative estimate of drug-likeness (QED) is 0.473. The van der Waals surface area contributed by atoms with Gasteiger partial charge in [-0.05, 0) is 30.3 Å². The van der Waals surface area contributed by atoms with Crippen LogP contribution in [-0.4, -0.2) is 35.8 Å². The van der Waals surface area contributed by atoms with Gasteiger partial charge in [-0.2, -0.15) is 0 Å². The predicted octanol–water partition coefficient (Wildman–Crippen LogP) is 1.08. The molecule has 0 bridgehead atoms. The van der Waals surface area contributed by atoms with E-state index in [0.29, 0.717) is 16.7 Å². The Hall–Kier alpha value is -3.88. The van der Waals surface area contributed by atoms with Gasteiger partial charge in [0.15, 0.2) is 11.2 Å². The monoisotopic (exact) mass is 393 g/mol. The number of carbonyl (C=O) groups is 1. The number of aryl methyl sites for hydroxylation is 1. The van der Waals surface area contributed by atoms with Crippen molar-refractivity contribution in [3.63, 3.8) is 0 Å². The molecule has 3 aromatic heterocycles. The Morgan fingerprint density at radius 3 is 2.59 bits per heavy atom. The van der Waals surface area contributed by atoms with E-state index in [4.69, 9.17) is 4.74 Å². The van der Waals surface area contributed by atoms with Gasteiger partial charge in [-0.3, -0.25) is 13.9 Å². The van der Waals surface area contributed by atoms with E-state index in [1.807, 2.05) is 35.2 Å². The number of rotatable bonds is 5. The van der Waals surface area contributed by atoms with Crippen molar-refractivity contribution in [2.75, 3.05) is 6.61 Å². The van der Waals surface area contributed by atoms with Crippen LogP contribution in [-0.2, 0) is 25.4 Å². The number of fused-ring (bicyclic) bond motifs is 1. The highest BCUT2D eigenvalue weighted by atomic mass is 16.5. The van der Waals surface area contributed by atoms with Crippen molar-refractivity contribution in [2.45, 2.75) is 6.54 Å². The maximum atomic E-state index is 12.4. The minimum Gasteiger partial charge on any atom is -0.460 e. The Morgan fingerprint density at radius 2 is 1.83 bits per heavy atom. The maximum Gasteiger partial charge on any atom is 0.338 e. The van der Waals surface area contributed by atoms with Crippen LogP contribution in [0.1, 0.15) is 10.4 Å². The summed E-state index contributed by atoms with van der Waals surface area (Å²) in [5.41, 5.74) is 0.997. The van der Waals surface area contributed by atoms with Crippen molar-refractivity contribution in [3.8, 4) is 5.69 Å². The Kier molecular flexibility index (Phi) is 4.63. The van der Waals surface area contributed by atoms with E-state index in [-0.39, 0.29) is 13.2 Å². The highest BCUT2D eigenvalue weighted by molar-refractivity contribution is 5.90. The number of aromatic nitrogens is 5. The predicted molar refractivity (Wildman–Crippen MR) is 106 cm³/mol. The van der Waals surface area contributed by atoms with Crippen molar-refractivity contribution >= 4 is 17.1 Å². The third-order valence-electron chi connectivity index (χ3n) is 4.77. The fraction of sp³-hybridized carbons (Fsp3) is 0.200. The molecule has 0 amide bonds. The minimum atomic E-state index is -0.455. The molecule has 0 atom stereocenters. The summed E-state index contributed by atoms with van der Waals surface area (Å²) < 4.78 is 11.2. The standard InChI is InChI=1S/C20H19N5O4/c1-22-17-16(18(26)23(2)20(22)28)25(13-21-17)10-11-29-19(27)14-6-5-7-15(12-14)24-8-3-4-9-24/h3-9,12-13H,10-11H2,1-2H3. The van der Waals surface area contributed by atoms with Crippen LogP contribution < -0.4 is 11.2 Å². The van der Waals surface area contributed by atoms with Gasteiger partial charge < -0.3 is 13.9 Å². The summed E-state index contributed by atoms with van der Waals surface area (Å²) in [5, 5.41) is 0. The number of benzene rings is 1. The van der Waals surface area contributed by atoms with Crippen LogP contribution in [0, 0.1) is 0 Å². The second-order valence-electron chi connectivity index (χ2n) is 6.59. The van der Waals surface area contributed by atoms with Crippen LogP contribution in [0.2, 0.25) is 0 Å². The van der Waals surface area contributed by atoms with Gasteiger partial charge in [0, 0.05) is 32.2 Å². The van der Waals surface area contributed by atoms with Gasteiger partial charge in [0.2, 0.25) is 0 Å². The molecular weight excluding hydrogens is 374 g/mol. The number of esters is 1. The fourth-order valence-electron chi connectivity index (χ4n) is 3.19. The van der Waals surface area contributed by atoms with Crippen LogP contribution in [0.25, 0.3) is 16.9 Å². The number of ether oxygens (including phenoxy) is 1. The molecule has 1 aromatic carbocycles. The number of nitrogens with zero attached hydrogens (tertiary/aromatic N) is 5.